The van der Waals surface area contributed by atoms with Gasteiger partial charge in [-0.2, -0.15) is 0 Å². The molecule has 0 aliphatic carbocycles. The van der Waals surface area contributed by atoms with Crippen LogP contribution in [0.4, 0.5) is 10.1 Å². The van der Waals surface area contributed by atoms with Gasteiger partial charge in [0.1, 0.15) is 10.8 Å². The van der Waals surface area contributed by atoms with Gasteiger partial charge in [0.25, 0.3) is 5.91 Å². The highest BCUT2D eigenvalue weighted by Crippen LogP contribution is 2.22. The van der Waals surface area contributed by atoms with Crippen LogP contribution in [0.2, 0.25) is 0 Å². The van der Waals surface area contributed by atoms with Crippen molar-refractivity contribution < 1.29 is 9.18 Å². The molecule has 0 saturated carbocycles. The van der Waals surface area contributed by atoms with Crippen molar-refractivity contribution >= 4 is 22.9 Å². The van der Waals surface area contributed by atoms with Crippen molar-refractivity contribution in [2.24, 2.45) is 0 Å². The Kier molecular flexibility index (Phi) is 5.70. The molecular weight excluding hydrogens is 351 g/mol. The number of halogens is 1. The second-order valence-corrected chi connectivity index (χ2v) is 7.03. The third-order valence-corrected chi connectivity index (χ3v) is 5.00. The highest BCUT2D eigenvalue weighted by atomic mass is 32.1. The minimum Gasteiger partial charge on any atom is -0.320 e. The molecule has 1 amide bonds. The molecule has 0 saturated heterocycles. The number of amides is 1. The maximum absolute atomic E-state index is 12.9. The van der Waals surface area contributed by atoms with Crippen molar-refractivity contribution in [3.8, 4) is 0 Å². The van der Waals surface area contributed by atoms with Gasteiger partial charge < -0.3 is 5.32 Å². The molecule has 1 atom stereocenters. The SMILES string of the molecule is CC(c1ccccc1)N(C)Cc1nnc(C(=O)Nc2ccc(F)cc2)s1. The van der Waals surface area contributed by atoms with Crippen LogP contribution in [-0.2, 0) is 6.54 Å². The molecule has 3 rings (SSSR count). The smallest absolute Gasteiger partial charge is 0.286 e. The molecule has 0 fully saturated rings. The average molecular weight is 370 g/mol. The number of carbonyl (C=O) groups excluding carboxylic acids is 1. The zero-order chi connectivity index (χ0) is 18.5. The molecule has 1 N–H and O–H groups in total. The summed E-state index contributed by atoms with van der Waals surface area (Å²) in [5.41, 5.74) is 1.73. The Labute approximate surface area is 155 Å². The monoisotopic (exact) mass is 370 g/mol. The minimum absolute atomic E-state index is 0.219. The number of carbonyl (C=O) groups is 1. The standard InChI is InChI=1S/C19H19FN4OS/c1-13(14-6-4-3-5-7-14)24(2)12-17-22-23-19(26-17)18(25)21-16-10-8-15(20)9-11-16/h3-11,13H,12H2,1-2H3,(H,21,25). The number of benzene rings is 2. The van der Waals surface area contributed by atoms with E-state index in [1.54, 1.807) is 0 Å². The summed E-state index contributed by atoms with van der Waals surface area (Å²) < 4.78 is 12.9. The van der Waals surface area contributed by atoms with E-state index in [0.717, 1.165) is 5.01 Å². The number of aromatic nitrogens is 2. The number of nitrogens with zero attached hydrogens (tertiary/aromatic N) is 3. The van der Waals surface area contributed by atoms with Crippen LogP contribution in [0.5, 0.6) is 0 Å². The normalized spacial score (nSPS) is 12.2. The Morgan fingerprint density at radius 2 is 1.85 bits per heavy atom. The van der Waals surface area contributed by atoms with Crippen LogP contribution in [0, 0.1) is 5.82 Å². The predicted molar refractivity (Wildman–Crippen MR) is 101 cm³/mol. The van der Waals surface area contributed by atoms with Crippen LogP contribution in [0.1, 0.15) is 33.3 Å². The average Bonchev–Trinajstić information content (AvgIpc) is 3.12. The van der Waals surface area contributed by atoms with E-state index in [1.165, 1.54) is 41.2 Å². The number of hydrogen-bond acceptors (Lipinski definition) is 5. The molecule has 1 unspecified atom stereocenters. The molecular formula is C19H19FN4OS. The summed E-state index contributed by atoms with van der Waals surface area (Å²) >= 11 is 1.25. The molecule has 7 heteroatoms. The molecule has 134 valence electrons. The Hall–Kier alpha value is -2.64. The maximum Gasteiger partial charge on any atom is 0.286 e. The highest BCUT2D eigenvalue weighted by molar-refractivity contribution is 7.13. The van der Waals surface area contributed by atoms with Crippen LogP contribution in [0.15, 0.2) is 54.6 Å². The first-order valence-electron chi connectivity index (χ1n) is 8.17. The largest absolute Gasteiger partial charge is 0.320 e. The van der Waals surface area contributed by atoms with Gasteiger partial charge in [0, 0.05) is 11.7 Å². The molecule has 0 aliphatic rings. The van der Waals surface area contributed by atoms with Gasteiger partial charge in [-0.1, -0.05) is 41.7 Å². The fraction of sp³-hybridized carbons (Fsp3) is 0.211. The summed E-state index contributed by atoms with van der Waals surface area (Å²) in [6, 6.07) is 16.0. The van der Waals surface area contributed by atoms with E-state index in [1.807, 2.05) is 25.2 Å². The van der Waals surface area contributed by atoms with Gasteiger partial charge in [-0.05, 0) is 43.8 Å². The first-order chi connectivity index (χ1) is 12.5. The van der Waals surface area contributed by atoms with E-state index in [-0.39, 0.29) is 22.8 Å². The lowest BCUT2D eigenvalue weighted by atomic mass is 10.1. The van der Waals surface area contributed by atoms with Crippen molar-refractivity contribution in [1.82, 2.24) is 15.1 Å². The van der Waals surface area contributed by atoms with E-state index in [2.05, 4.69) is 39.5 Å². The van der Waals surface area contributed by atoms with Gasteiger partial charge in [-0.3, -0.25) is 9.69 Å². The molecule has 0 aliphatic heterocycles. The Bertz CT molecular complexity index is 867. The van der Waals surface area contributed by atoms with Gasteiger partial charge in [0.15, 0.2) is 0 Å². The fourth-order valence-electron chi connectivity index (χ4n) is 2.46. The van der Waals surface area contributed by atoms with Gasteiger partial charge in [0.05, 0.1) is 6.54 Å². The van der Waals surface area contributed by atoms with Gasteiger partial charge >= 0.3 is 0 Å². The van der Waals surface area contributed by atoms with Gasteiger partial charge in [-0.15, -0.1) is 10.2 Å². The zero-order valence-electron chi connectivity index (χ0n) is 14.5. The molecule has 3 aromatic rings. The predicted octanol–water partition coefficient (Wildman–Crippen LogP) is 4.12. The summed E-state index contributed by atoms with van der Waals surface area (Å²) in [5, 5.41) is 11.8. The molecule has 2 aromatic carbocycles. The Balaban J connectivity index is 1.62. The summed E-state index contributed by atoms with van der Waals surface area (Å²) in [6.07, 6.45) is 0. The fourth-order valence-corrected chi connectivity index (χ4v) is 3.26. The molecule has 1 heterocycles. The summed E-state index contributed by atoms with van der Waals surface area (Å²) in [7, 11) is 2.01. The second kappa shape index (κ2) is 8.16. The van der Waals surface area contributed by atoms with Crippen LogP contribution in [-0.4, -0.2) is 28.1 Å². The third-order valence-electron chi connectivity index (χ3n) is 4.09. The number of hydrogen-bond donors (Lipinski definition) is 1. The molecule has 5 nitrogen and oxygen atoms in total. The molecule has 1 aromatic heterocycles. The van der Waals surface area contributed by atoms with Crippen molar-refractivity contribution in [3.05, 3.63) is 76.0 Å². The van der Waals surface area contributed by atoms with Crippen molar-refractivity contribution in [2.45, 2.75) is 19.5 Å². The molecule has 0 bridgehead atoms. The Morgan fingerprint density at radius 1 is 1.15 bits per heavy atom. The number of nitrogens with one attached hydrogen (secondary N) is 1. The summed E-state index contributed by atoms with van der Waals surface area (Å²) in [6.45, 7) is 2.72. The highest BCUT2D eigenvalue weighted by Gasteiger charge is 2.17. The van der Waals surface area contributed by atoms with Crippen LogP contribution >= 0.6 is 11.3 Å². The topological polar surface area (TPSA) is 58.1 Å². The lowest BCUT2D eigenvalue weighted by Crippen LogP contribution is -2.21. The molecule has 0 spiro atoms. The minimum atomic E-state index is -0.350. The first-order valence-corrected chi connectivity index (χ1v) is 8.99. The first kappa shape index (κ1) is 18.2. The quantitative estimate of drug-likeness (QED) is 0.709. The van der Waals surface area contributed by atoms with Crippen LogP contribution < -0.4 is 5.32 Å². The molecule has 26 heavy (non-hydrogen) atoms. The van der Waals surface area contributed by atoms with E-state index in [9.17, 15) is 9.18 Å². The van der Waals surface area contributed by atoms with E-state index in [0.29, 0.717) is 12.2 Å². The van der Waals surface area contributed by atoms with Gasteiger partial charge in [0.2, 0.25) is 5.01 Å². The van der Waals surface area contributed by atoms with E-state index >= 15 is 0 Å². The number of rotatable bonds is 6. The van der Waals surface area contributed by atoms with E-state index < -0.39 is 0 Å². The summed E-state index contributed by atoms with van der Waals surface area (Å²) in [5.74, 6) is -0.698. The lowest BCUT2D eigenvalue weighted by Gasteiger charge is -2.23. The van der Waals surface area contributed by atoms with E-state index in [4.69, 9.17) is 0 Å². The van der Waals surface area contributed by atoms with Crippen molar-refractivity contribution in [2.75, 3.05) is 12.4 Å². The molecule has 0 radical (unpaired) electrons. The number of anilines is 1. The second-order valence-electron chi connectivity index (χ2n) is 5.96. The van der Waals surface area contributed by atoms with Crippen molar-refractivity contribution in [1.29, 1.82) is 0 Å². The van der Waals surface area contributed by atoms with Crippen molar-refractivity contribution in [3.63, 3.8) is 0 Å². The third kappa shape index (κ3) is 4.50. The van der Waals surface area contributed by atoms with Gasteiger partial charge in [-0.25, -0.2) is 4.39 Å². The van der Waals surface area contributed by atoms with Crippen LogP contribution in [0.25, 0.3) is 0 Å². The Morgan fingerprint density at radius 3 is 2.54 bits per heavy atom. The zero-order valence-corrected chi connectivity index (χ0v) is 15.3. The maximum atomic E-state index is 12.9. The summed E-state index contributed by atoms with van der Waals surface area (Å²) in [4.78, 5) is 14.4. The van der Waals surface area contributed by atoms with Crippen LogP contribution in [0.3, 0.4) is 0 Å². The lowest BCUT2D eigenvalue weighted by molar-refractivity contribution is 0.102.